The second-order valence-corrected chi connectivity index (χ2v) is 7.82. The zero-order valence-electron chi connectivity index (χ0n) is 17.2. The number of hydrogen-bond donors (Lipinski definition) is 0. The van der Waals surface area contributed by atoms with Crippen molar-refractivity contribution in [1.82, 2.24) is 9.78 Å². The molecule has 0 bridgehead atoms. The molecule has 0 spiro atoms. The quantitative estimate of drug-likeness (QED) is 0.277. The summed E-state index contributed by atoms with van der Waals surface area (Å²) in [5.41, 5.74) is 5.20. The van der Waals surface area contributed by atoms with Gasteiger partial charge in [0, 0.05) is 21.7 Å². The molecule has 154 valence electrons. The van der Waals surface area contributed by atoms with Crippen LogP contribution in [0.2, 0.25) is 5.02 Å². The molecule has 0 saturated carbocycles. The average Bonchev–Trinajstić information content (AvgIpc) is 3.26. The smallest absolute Gasteiger partial charge is 0.197 e. The molecule has 0 fully saturated rings. The predicted molar refractivity (Wildman–Crippen MR) is 129 cm³/mol. The van der Waals surface area contributed by atoms with Gasteiger partial charge in [0.2, 0.25) is 0 Å². The minimum Gasteiger partial charge on any atom is -0.288 e. The van der Waals surface area contributed by atoms with E-state index < -0.39 is 0 Å². The van der Waals surface area contributed by atoms with Gasteiger partial charge in [0.05, 0.1) is 16.9 Å². The van der Waals surface area contributed by atoms with Crippen molar-refractivity contribution in [2.24, 2.45) is 0 Å². The van der Waals surface area contributed by atoms with Crippen LogP contribution in [0.3, 0.4) is 0 Å². The Morgan fingerprint density at radius 1 is 0.656 bits per heavy atom. The zero-order valence-corrected chi connectivity index (χ0v) is 17.9. The fraction of sp³-hybridized carbons (Fsp3) is 0. The highest BCUT2D eigenvalue weighted by Crippen LogP contribution is 2.36. The zero-order chi connectivity index (χ0) is 21.9. The molecule has 0 unspecified atom stereocenters. The summed E-state index contributed by atoms with van der Waals surface area (Å²) in [6, 6.07) is 36.5. The maximum atomic E-state index is 13.9. The van der Waals surface area contributed by atoms with Crippen molar-refractivity contribution in [3.63, 3.8) is 0 Å². The van der Waals surface area contributed by atoms with E-state index in [1.54, 1.807) is 0 Å². The highest BCUT2D eigenvalue weighted by Gasteiger charge is 2.27. The number of rotatable bonds is 5. The van der Waals surface area contributed by atoms with Crippen LogP contribution in [-0.4, -0.2) is 15.6 Å². The molecule has 0 radical (unpaired) electrons. The van der Waals surface area contributed by atoms with Gasteiger partial charge in [-0.3, -0.25) is 4.79 Å². The van der Waals surface area contributed by atoms with Crippen LogP contribution in [0.15, 0.2) is 115 Å². The second kappa shape index (κ2) is 8.66. The number of aromatic nitrogens is 2. The predicted octanol–water partition coefficient (Wildman–Crippen LogP) is 7.09. The van der Waals surface area contributed by atoms with E-state index in [1.165, 1.54) is 0 Å². The first-order valence-corrected chi connectivity index (χ1v) is 10.7. The Kier molecular flexibility index (Phi) is 5.40. The number of benzene rings is 4. The lowest BCUT2D eigenvalue weighted by molar-refractivity contribution is 0.104. The SMILES string of the molecule is O=C(c1ccccc1)c1c(-c2ccc(Cl)cc2)nn(-c2ccccc2)c1-c1ccccc1. The monoisotopic (exact) mass is 434 g/mol. The van der Waals surface area contributed by atoms with Crippen LogP contribution in [-0.2, 0) is 0 Å². The van der Waals surface area contributed by atoms with Crippen LogP contribution in [0.25, 0.3) is 28.2 Å². The van der Waals surface area contributed by atoms with Crippen molar-refractivity contribution < 1.29 is 4.79 Å². The summed E-state index contributed by atoms with van der Waals surface area (Å²) in [6.07, 6.45) is 0. The molecule has 32 heavy (non-hydrogen) atoms. The van der Waals surface area contributed by atoms with Gasteiger partial charge in [-0.05, 0) is 24.3 Å². The molecule has 3 nitrogen and oxygen atoms in total. The molecular weight excluding hydrogens is 416 g/mol. The summed E-state index contributed by atoms with van der Waals surface area (Å²) in [7, 11) is 0. The van der Waals surface area contributed by atoms with Gasteiger partial charge in [0.15, 0.2) is 5.78 Å². The van der Waals surface area contributed by atoms with Crippen LogP contribution < -0.4 is 0 Å². The largest absolute Gasteiger partial charge is 0.288 e. The third kappa shape index (κ3) is 3.75. The van der Waals surface area contributed by atoms with Crippen molar-refractivity contribution in [2.45, 2.75) is 0 Å². The average molecular weight is 435 g/mol. The van der Waals surface area contributed by atoms with E-state index in [-0.39, 0.29) is 5.78 Å². The van der Waals surface area contributed by atoms with Crippen LogP contribution in [0, 0.1) is 0 Å². The van der Waals surface area contributed by atoms with E-state index >= 15 is 0 Å². The highest BCUT2D eigenvalue weighted by molar-refractivity contribution is 6.30. The molecular formula is C28H19ClN2O. The summed E-state index contributed by atoms with van der Waals surface area (Å²) in [4.78, 5) is 13.9. The first-order chi connectivity index (χ1) is 15.7. The first-order valence-electron chi connectivity index (χ1n) is 10.3. The van der Waals surface area contributed by atoms with E-state index in [2.05, 4.69) is 0 Å². The van der Waals surface area contributed by atoms with Gasteiger partial charge in [-0.15, -0.1) is 0 Å². The van der Waals surface area contributed by atoms with Crippen LogP contribution >= 0.6 is 11.6 Å². The van der Waals surface area contributed by atoms with Gasteiger partial charge in [-0.1, -0.05) is 103 Å². The summed E-state index contributed by atoms with van der Waals surface area (Å²) in [5, 5.41) is 5.59. The molecule has 1 aromatic heterocycles. The first kappa shape index (κ1) is 20.0. The van der Waals surface area contributed by atoms with E-state index in [4.69, 9.17) is 16.7 Å². The van der Waals surface area contributed by atoms with Gasteiger partial charge in [0.1, 0.15) is 5.69 Å². The highest BCUT2D eigenvalue weighted by atomic mass is 35.5. The van der Waals surface area contributed by atoms with Crippen molar-refractivity contribution in [3.8, 4) is 28.2 Å². The number of hydrogen-bond acceptors (Lipinski definition) is 2. The molecule has 0 aliphatic heterocycles. The minimum absolute atomic E-state index is 0.0726. The fourth-order valence-electron chi connectivity index (χ4n) is 3.80. The molecule has 0 aliphatic carbocycles. The maximum absolute atomic E-state index is 13.9. The number of carbonyl (C=O) groups is 1. The van der Waals surface area contributed by atoms with E-state index in [0.29, 0.717) is 21.8 Å². The number of nitrogens with zero attached hydrogens (tertiary/aromatic N) is 2. The molecule has 0 amide bonds. The molecule has 0 N–H and O–H groups in total. The van der Waals surface area contributed by atoms with Crippen LogP contribution in [0.5, 0.6) is 0 Å². The lowest BCUT2D eigenvalue weighted by Gasteiger charge is -2.10. The summed E-state index contributed by atoms with van der Waals surface area (Å²) in [5.74, 6) is -0.0726. The molecule has 0 atom stereocenters. The topological polar surface area (TPSA) is 34.9 Å². The molecule has 0 aliphatic rings. The molecule has 4 aromatic carbocycles. The van der Waals surface area contributed by atoms with Gasteiger partial charge in [0.25, 0.3) is 0 Å². The standard InChI is InChI=1S/C28H19ClN2O/c29-23-18-16-20(17-19-23)26-25(28(32)22-12-6-2-7-13-22)27(21-10-4-1-5-11-21)31(30-26)24-14-8-3-9-15-24/h1-19H. The van der Waals surface area contributed by atoms with Gasteiger partial charge in [-0.2, -0.15) is 5.10 Å². The summed E-state index contributed by atoms with van der Waals surface area (Å²) < 4.78 is 1.86. The Labute approximate surface area is 191 Å². The Bertz CT molecular complexity index is 1360. The molecule has 0 saturated heterocycles. The van der Waals surface area contributed by atoms with Crippen LogP contribution in [0.4, 0.5) is 0 Å². The van der Waals surface area contributed by atoms with Crippen molar-refractivity contribution >= 4 is 17.4 Å². The molecule has 1 heterocycles. The number of ketones is 1. The lowest BCUT2D eigenvalue weighted by atomic mass is 9.95. The number of para-hydroxylation sites is 1. The Balaban J connectivity index is 1.85. The van der Waals surface area contributed by atoms with E-state index in [1.807, 2.05) is 120 Å². The summed E-state index contributed by atoms with van der Waals surface area (Å²) >= 11 is 6.13. The van der Waals surface area contributed by atoms with Crippen molar-refractivity contribution in [2.75, 3.05) is 0 Å². The van der Waals surface area contributed by atoms with Gasteiger partial charge >= 0.3 is 0 Å². The van der Waals surface area contributed by atoms with Gasteiger partial charge in [-0.25, -0.2) is 4.68 Å². The van der Waals surface area contributed by atoms with Crippen LogP contribution in [0.1, 0.15) is 15.9 Å². The third-order valence-corrected chi connectivity index (χ3v) is 5.57. The Morgan fingerprint density at radius 3 is 1.84 bits per heavy atom. The molecule has 4 heteroatoms. The van der Waals surface area contributed by atoms with E-state index in [9.17, 15) is 4.79 Å². The number of carbonyl (C=O) groups excluding carboxylic acids is 1. The van der Waals surface area contributed by atoms with Crippen molar-refractivity contribution in [3.05, 3.63) is 131 Å². The van der Waals surface area contributed by atoms with Gasteiger partial charge < -0.3 is 0 Å². The Hall–Kier alpha value is -3.95. The van der Waals surface area contributed by atoms with E-state index in [0.717, 1.165) is 22.5 Å². The fourth-order valence-corrected chi connectivity index (χ4v) is 3.92. The summed E-state index contributed by atoms with van der Waals surface area (Å²) in [6.45, 7) is 0. The second-order valence-electron chi connectivity index (χ2n) is 7.39. The third-order valence-electron chi connectivity index (χ3n) is 5.31. The number of halogens is 1. The lowest BCUT2D eigenvalue weighted by Crippen LogP contribution is -2.05. The Morgan fingerprint density at radius 2 is 1.22 bits per heavy atom. The molecule has 5 rings (SSSR count). The maximum Gasteiger partial charge on any atom is 0.197 e. The minimum atomic E-state index is -0.0726. The van der Waals surface area contributed by atoms with Crippen molar-refractivity contribution in [1.29, 1.82) is 0 Å². The molecule has 5 aromatic rings. The normalized spacial score (nSPS) is 10.8.